The first kappa shape index (κ1) is 17.3. The van der Waals surface area contributed by atoms with E-state index < -0.39 is 0 Å². The lowest BCUT2D eigenvalue weighted by molar-refractivity contribution is -0.120. The fourth-order valence-electron chi connectivity index (χ4n) is 2.52. The van der Waals surface area contributed by atoms with Crippen molar-refractivity contribution in [3.63, 3.8) is 0 Å². The first-order valence-corrected chi connectivity index (χ1v) is 8.96. The molecule has 0 aliphatic carbocycles. The molecule has 1 aliphatic rings. The zero-order valence-corrected chi connectivity index (χ0v) is 14.8. The van der Waals surface area contributed by atoms with E-state index in [-0.39, 0.29) is 18.4 Å². The Hall–Kier alpha value is -2.55. The van der Waals surface area contributed by atoms with Crippen LogP contribution in [-0.2, 0) is 16.1 Å². The van der Waals surface area contributed by atoms with E-state index in [1.54, 1.807) is 29.2 Å². The van der Waals surface area contributed by atoms with Crippen LogP contribution in [-0.4, -0.2) is 47.1 Å². The number of hydrogen-bond donors (Lipinski definition) is 1. The molecule has 0 bridgehead atoms. The summed E-state index contributed by atoms with van der Waals surface area (Å²) in [5, 5.41) is 12.3. The Morgan fingerprint density at radius 2 is 2.28 bits per heavy atom. The van der Waals surface area contributed by atoms with E-state index in [4.69, 9.17) is 0 Å². The molecule has 3 heterocycles. The maximum absolute atomic E-state index is 12.1. The first-order valence-electron chi connectivity index (χ1n) is 8.14. The monoisotopic (exact) mass is 360 g/mol. The van der Waals surface area contributed by atoms with Crippen LogP contribution in [0.15, 0.2) is 24.5 Å². The van der Waals surface area contributed by atoms with Gasteiger partial charge in [-0.1, -0.05) is 17.4 Å². The molecular formula is C16H20N6O2S. The molecule has 132 valence electrons. The molecule has 2 aromatic heterocycles. The van der Waals surface area contributed by atoms with Gasteiger partial charge in [-0.25, -0.2) is 0 Å². The lowest BCUT2D eigenvalue weighted by Gasteiger charge is -2.23. The summed E-state index contributed by atoms with van der Waals surface area (Å²) in [5.74, 6) is -0.0250. The molecule has 2 amide bonds. The molecule has 2 aromatic rings. The van der Waals surface area contributed by atoms with E-state index in [1.165, 1.54) is 11.3 Å². The SMILES string of the molecule is CN(CC(=O)NCc1cccnc1)c1nnc(N2CCCCC2=O)s1. The zero-order chi connectivity index (χ0) is 17.6. The number of hydrogen-bond acceptors (Lipinski definition) is 7. The second-order valence-electron chi connectivity index (χ2n) is 5.86. The Labute approximate surface area is 149 Å². The number of carbonyl (C=O) groups excluding carboxylic acids is 2. The summed E-state index contributed by atoms with van der Waals surface area (Å²) < 4.78 is 0. The summed E-state index contributed by atoms with van der Waals surface area (Å²) >= 11 is 1.33. The van der Waals surface area contributed by atoms with Gasteiger partial charge in [-0.2, -0.15) is 0 Å². The van der Waals surface area contributed by atoms with Crippen LogP contribution in [0.2, 0.25) is 0 Å². The molecule has 0 radical (unpaired) electrons. The van der Waals surface area contributed by atoms with Crippen molar-refractivity contribution in [1.29, 1.82) is 0 Å². The largest absolute Gasteiger partial charge is 0.350 e. The van der Waals surface area contributed by atoms with Crippen molar-refractivity contribution in [1.82, 2.24) is 20.5 Å². The molecule has 25 heavy (non-hydrogen) atoms. The number of likely N-dealkylation sites (N-methyl/N-ethyl adjacent to an activating group) is 1. The van der Waals surface area contributed by atoms with Crippen LogP contribution in [0, 0.1) is 0 Å². The van der Waals surface area contributed by atoms with E-state index in [0.717, 1.165) is 18.4 Å². The first-order chi connectivity index (χ1) is 12.1. The van der Waals surface area contributed by atoms with Gasteiger partial charge >= 0.3 is 0 Å². The number of piperidine rings is 1. The molecule has 1 saturated heterocycles. The van der Waals surface area contributed by atoms with Gasteiger partial charge in [0.25, 0.3) is 0 Å². The molecule has 1 fully saturated rings. The molecule has 3 rings (SSSR count). The molecule has 0 spiro atoms. The number of amides is 2. The highest BCUT2D eigenvalue weighted by atomic mass is 32.1. The van der Waals surface area contributed by atoms with E-state index >= 15 is 0 Å². The van der Waals surface area contributed by atoms with Gasteiger partial charge in [-0.3, -0.25) is 19.5 Å². The van der Waals surface area contributed by atoms with Crippen molar-refractivity contribution in [2.45, 2.75) is 25.8 Å². The Bertz CT molecular complexity index is 735. The molecule has 0 atom stereocenters. The van der Waals surface area contributed by atoms with Gasteiger partial charge in [0.15, 0.2) is 0 Å². The van der Waals surface area contributed by atoms with Gasteiger partial charge in [0.2, 0.25) is 22.1 Å². The average Bonchev–Trinajstić information content (AvgIpc) is 3.11. The fourth-order valence-corrected chi connectivity index (χ4v) is 3.37. The van der Waals surface area contributed by atoms with Crippen LogP contribution in [0.25, 0.3) is 0 Å². The van der Waals surface area contributed by atoms with Crippen molar-refractivity contribution in [2.75, 3.05) is 29.9 Å². The normalized spacial score (nSPS) is 14.4. The molecule has 0 saturated carbocycles. The van der Waals surface area contributed by atoms with Crippen LogP contribution < -0.4 is 15.1 Å². The van der Waals surface area contributed by atoms with Crippen molar-refractivity contribution in [3.05, 3.63) is 30.1 Å². The van der Waals surface area contributed by atoms with E-state index in [0.29, 0.717) is 29.8 Å². The third kappa shape index (κ3) is 4.50. The summed E-state index contributed by atoms with van der Waals surface area (Å²) in [7, 11) is 1.78. The highest BCUT2D eigenvalue weighted by Gasteiger charge is 2.24. The molecule has 1 N–H and O–H groups in total. The molecule has 0 aromatic carbocycles. The number of carbonyl (C=O) groups is 2. The summed E-state index contributed by atoms with van der Waals surface area (Å²) in [6.45, 7) is 1.29. The maximum Gasteiger partial charge on any atom is 0.239 e. The maximum atomic E-state index is 12.1. The highest BCUT2D eigenvalue weighted by molar-refractivity contribution is 7.19. The van der Waals surface area contributed by atoms with Gasteiger partial charge in [0.05, 0.1) is 6.54 Å². The number of nitrogens with zero attached hydrogens (tertiary/aromatic N) is 5. The number of nitrogens with one attached hydrogen (secondary N) is 1. The van der Waals surface area contributed by atoms with Gasteiger partial charge < -0.3 is 10.2 Å². The average molecular weight is 360 g/mol. The standard InChI is InChI=1S/C16H20N6O2S/c1-21(11-13(23)18-10-12-5-4-7-17-9-12)15-19-20-16(25-15)22-8-3-2-6-14(22)24/h4-5,7,9H,2-3,6,8,10-11H2,1H3,(H,18,23). The minimum atomic E-state index is -0.114. The summed E-state index contributed by atoms with van der Waals surface area (Å²) in [4.78, 5) is 31.5. The molecular weight excluding hydrogens is 340 g/mol. The van der Waals surface area contributed by atoms with Crippen molar-refractivity contribution < 1.29 is 9.59 Å². The highest BCUT2D eigenvalue weighted by Crippen LogP contribution is 2.28. The third-order valence-electron chi connectivity index (χ3n) is 3.88. The lowest BCUT2D eigenvalue weighted by atomic mass is 10.1. The zero-order valence-electron chi connectivity index (χ0n) is 14.0. The Morgan fingerprint density at radius 3 is 3.04 bits per heavy atom. The number of rotatable bonds is 6. The van der Waals surface area contributed by atoms with Crippen molar-refractivity contribution >= 4 is 33.4 Å². The molecule has 9 heteroatoms. The van der Waals surface area contributed by atoms with E-state index in [9.17, 15) is 9.59 Å². The minimum absolute atomic E-state index is 0.0887. The van der Waals surface area contributed by atoms with Crippen LogP contribution in [0.3, 0.4) is 0 Å². The number of aromatic nitrogens is 3. The summed E-state index contributed by atoms with van der Waals surface area (Å²) in [6, 6.07) is 3.74. The second kappa shape index (κ2) is 8.02. The van der Waals surface area contributed by atoms with Crippen LogP contribution in [0.1, 0.15) is 24.8 Å². The smallest absolute Gasteiger partial charge is 0.239 e. The van der Waals surface area contributed by atoms with E-state index in [1.807, 2.05) is 12.1 Å². The van der Waals surface area contributed by atoms with Gasteiger partial charge in [-0.05, 0) is 24.5 Å². The third-order valence-corrected chi connectivity index (χ3v) is 4.94. The van der Waals surface area contributed by atoms with Crippen LogP contribution >= 0.6 is 11.3 Å². The molecule has 0 unspecified atom stereocenters. The predicted octanol–water partition coefficient (Wildman–Crippen LogP) is 1.20. The Kier molecular flexibility index (Phi) is 5.54. The van der Waals surface area contributed by atoms with Gasteiger partial charge in [0.1, 0.15) is 0 Å². The summed E-state index contributed by atoms with van der Waals surface area (Å²) in [6.07, 6.45) is 5.88. The van der Waals surface area contributed by atoms with Crippen LogP contribution in [0.5, 0.6) is 0 Å². The van der Waals surface area contributed by atoms with Crippen LogP contribution in [0.4, 0.5) is 10.3 Å². The topological polar surface area (TPSA) is 91.3 Å². The van der Waals surface area contributed by atoms with Crippen molar-refractivity contribution in [3.8, 4) is 0 Å². The van der Waals surface area contributed by atoms with Crippen molar-refractivity contribution in [2.24, 2.45) is 0 Å². The Morgan fingerprint density at radius 1 is 1.40 bits per heavy atom. The second-order valence-corrected chi connectivity index (χ2v) is 6.80. The molecule has 8 nitrogen and oxygen atoms in total. The van der Waals surface area contributed by atoms with Gasteiger partial charge in [0, 0.05) is 39.0 Å². The number of anilines is 2. The minimum Gasteiger partial charge on any atom is -0.350 e. The predicted molar refractivity (Wildman–Crippen MR) is 95.5 cm³/mol. The number of pyridine rings is 1. The van der Waals surface area contributed by atoms with Gasteiger partial charge in [-0.15, -0.1) is 10.2 Å². The summed E-state index contributed by atoms with van der Waals surface area (Å²) in [5.41, 5.74) is 0.945. The fraction of sp³-hybridized carbons (Fsp3) is 0.438. The Balaban J connectivity index is 1.53. The van der Waals surface area contributed by atoms with E-state index in [2.05, 4.69) is 20.5 Å². The lowest BCUT2D eigenvalue weighted by Crippen LogP contribution is -2.35. The quantitative estimate of drug-likeness (QED) is 0.832. The molecule has 1 aliphatic heterocycles.